The van der Waals surface area contributed by atoms with Crippen molar-refractivity contribution in [2.75, 3.05) is 0 Å². The van der Waals surface area contributed by atoms with E-state index in [1.165, 1.54) is 64.2 Å². The predicted octanol–water partition coefficient (Wildman–Crippen LogP) is 4.90. The van der Waals surface area contributed by atoms with Gasteiger partial charge in [-0.05, 0) is 31.6 Å². The summed E-state index contributed by atoms with van der Waals surface area (Å²) in [5.74, 6) is 2.03. The fraction of sp³-hybridized carbons (Fsp3) is 0.895. The lowest BCUT2D eigenvalue weighted by Crippen LogP contribution is -2.27. The number of hydrogen-bond donors (Lipinski definition) is 3. The molecule has 2 fully saturated rings. The second kappa shape index (κ2) is 16.7. The molecule has 6 N–H and O–H groups in total. The molecule has 0 spiro atoms. The Labute approximate surface area is 140 Å². The van der Waals surface area contributed by atoms with Gasteiger partial charge in [0.25, 0.3) is 0 Å². The van der Waals surface area contributed by atoms with E-state index in [0.717, 1.165) is 11.8 Å². The molecular formula is C19H43N3. The van der Waals surface area contributed by atoms with E-state index < -0.39 is 0 Å². The summed E-state index contributed by atoms with van der Waals surface area (Å²) in [4.78, 5) is 0. The first kappa shape index (κ1) is 23.6. The zero-order valence-electron chi connectivity index (χ0n) is 15.7. The maximum atomic E-state index is 5.77. The van der Waals surface area contributed by atoms with E-state index in [4.69, 9.17) is 17.2 Å². The molecule has 2 rings (SSSR count). The molecule has 0 aromatic heterocycles. The SMILES string of the molecule is C=C(N)N.CC.CC(N)C1CCCCC1.CC1CCCCC1. The lowest BCUT2D eigenvalue weighted by Gasteiger charge is -2.24. The number of hydrogen-bond acceptors (Lipinski definition) is 3. The van der Waals surface area contributed by atoms with Gasteiger partial charge >= 0.3 is 0 Å². The first-order valence-corrected chi connectivity index (χ1v) is 9.39. The van der Waals surface area contributed by atoms with Crippen LogP contribution >= 0.6 is 0 Å². The quantitative estimate of drug-likeness (QED) is 0.644. The van der Waals surface area contributed by atoms with Gasteiger partial charge in [-0.3, -0.25) is 0 Å². The largest absolute Gasteiger partial charge is 0.386 e. The van der Waals surface area contributed by atoms with E-state index in [1.807, 2.05) is 13.8 Å². The molecule has 0 heterocycles. The lowest BCUT2D eigenvalue weighted by molar-refractivity contribution is 0.316. The minimum absolute atomic E-state index is 0.167. The van der Waals surface area contributed by atoms with Gasteiger partial charge in [0, 0.05) is 6.04 Å². The molecule has 0 radical (unpaired) electrons. The molecule has 0 aromatic rings. The van der Waals surface area contributed by atoms with Gasteiger partial charge in [0.2, 0.25) is 0 Å². The molecule has 3 heteroatoms. The van der Waals surface area contributed by atoms with Gasteiger partial charge in [-0.2, -0.15) is 0 Å². The van der Waals surface area contributed by atoms with Crippen LogP contribution in [0, 0.1) is 11.8 Å². The Morgan fingerprint density at radius 3 is 1.36 bits per heavy atom. The van der Waals surface area contributed by atoms with E-state index in [2.05, 4.69) is 20.4 Å². The zero-order chi connectivity index (χ0) is 17.4. The minimum Gasteiger partial charge on any atom is -0.386 e. The lowest BCUT2D eigenvalue weighted by atomic mass is 9.85. The predicted molar refractivity (Wildman–Crippen MR) is 101 cm³/mol. The molecular weight excluding hydrogens is 270 g/mol. The third kappa shape index (κ3) is 17.4. The van der Waals surface area contributed by atoms with Crippen molar-refractivity contribution in [2.45, 2.75) is 97.9 Å². The number of nitrogens with two attached hydrogens (primary N) is 3. The molecule has 0 saturated heterocycles. The van der Waals surface area contributed by atoms with E-state index in [-0.39, 0.29) is 5.82 Å². The topological polar surface area (TPSA) is 78.1 Å². The summed E-state index contributed by atoms with van der Waals surface area (Å²) in [6, 6.07) is 0.435. The van der Waals surface area contributed by atoms with Crippen molar-refractivity contribution >= 4 is 0 Å². The van der Waals surface area contributed by atoms with Crippen LogP contribution in [-0.4, -0.2) is 6.04 Å². The Morgan fingerprint density at radius 2 is 1.18 bits per heavy atom. The second-order valence-corrected chi connectivity index (χ2v) is 6.58. The van der Waals surface area contributed by atoms with Crippen molar-refractivity contribution in [3.8, 4) is 0 Å². The monoisotopic (exact) mass is 313 g/mol. The summed E-state index contributed by atoms with van der Waals surface area (Å²) < 4.78 is 0. The van der Waals surface area contributed by atoms with Crippen molar-refractivity contribution in [1.29, 1.82) is 0 Å². The highest BCUT2D eigenvalue weighted by molar-refractivity contribution is 4.74. The minimum atomic E-state index is 0.167. The maximum Gasteiger partial charge on any atom is 0.0859 e. The normalized spacial score (nSPS) is 20.0. The van der Waals surface area contributed by atoms with Crippen molar-refractivity contribution in [1.82, 2.24) is 0 Å². The van der Waals surface area contributed by atoms with Gasteiger partial charge < -0.3 is 17.2 Å². The molecule has 0 aromatic carbocycles. The van der Waals surface area contributed by atoms with Gasteiger partial charge in [0.1, 0.15) is 0 Å². The first-order chi connectivity index (χ1) is 10.4. The summed E-state index contributed by atoms with van der Waals surface area (Å²) in [6.07, 6.45) is 14.4. The van der Waals surface area contributed by atoms with Gasteiger partial charge in [0.05, 0.1) is 5.82 Å². The third-order valence-corrected chi connectivity index (χ3v) is 4.29. The van der Waals surface area contributed by atoms with Crippen LogP contribution in [0.15, 0.2) is 12.4 Å². The van der Waals surface area contributed by atoms with Crippen LogP contribution in [0.4, 0.5) is 0 Å². The molecule has 0 aliphatic heterocycles. The van der Waals surface area contributed by atoms with E-state index in [1.54, 1.807) is 0 Å². The molecule has 3 nitrogen and oxygen atoms in total. The molecule has 2 aliphatic rings. The standard InChI is InChI=1S/C8H17N.C7H14.C2H6N2.C2H6/c1-7(9)8-5-3-2-4-6-8;1-7-5-3-2-4-6-7;1-2(3)4;1-2/h7-8H,2-6,9H2,1H3;7H,2-6H2,1H3;1,3-4H2;1-2H3. The highest BCUT2D eigenvalue weighted by Gasteiger charge is 2.16. The van der Waals surface area contributed by atoms with Crippen LogP contribution < -0.4 is 17.2 Å². The molecule has 2 aliphatic carbocycles. The van der Waals surface area contributed by atoms with E-state index in [0.29, 0.717) is 6.04 Å². The molecule has 2 saturated carbocycles. The van der Waals surface area contributed by atoms with E-state index in [9.17, 15) is 0 Å². The summed E-state index contributed by atoms with van der Waals surface area (Å²) in [6.45, 7) is 11.6. The van der Waals surface area contributed by atoms with Crippen molar-refractivity contribution < 1.29 is 0 Å². The van der Waals surface area contributed by atoms with Crippen LogP contribution in [-0.2, 0) is 0 Å². The van der Waals surface area contributed by atoms with Crippen LogP contribution in [0.25, 0.3) is 0 Å². The van der Waals surface area contributed by atoms with Crippen LogP contribution in [0.3, 0.4) is 0 Å². The van der Waals surface area contributed by atoms with Crippen molar-refractivity contribution in [3.63, 3.8) is 0 Å². The average molecular weight is 314 g/mol. The van der Waals surface area contributed by atoms with Crippen molar-refractivity contribution in [3.05, 3.63) is 12.4 Å². The van der Waals surface area contributed by atoms with Gasteiger partial charge in [-0.1, -0.05) is 78.7 Å². The first-order valence-electron chi connectivity index (χ1n) is 9.39. The van der Waals surface area contributed by atoms with E-state index >= 15 is 0 Å². The second-order valence-electron chi connectivity index (χ2n) is 6.58. The maximum absolute atomic E-state index is 5.77. The summed E-state index contributed by atoms with van der Waals surface area (Å²) in [5.41, 5.74) is 15.2. The fourth-order valence-electron chi connectivity index (χ4n) is 2.97. The highest BCUT2D eigenvalue weighted by Crippen LogP contribution is 2.25. The molecule has 134 valence electrons. The highest BCUT2D eigenvalue weighted by atomic mass is 14.8. The Hall–Kier alpha value is -0.700. The smallest absolute Gasteiger partial charge is 0.0859 e. The molecule has 1 unspecified atom stereocenters. The van der Waals surface area contributed by atoms with Gasteiger partial charge in [-0.15, -0.1) is 0 Å². The Bertz CT molecular complexity index is 223. The Kier molecular flexibility index (Phi) is 17.9. The third-order valence-electron chi connectivity index (χ3n) is 4.29. The summed E-state index contributed by atoms with van der Waals surface area (Å²) in [7, 11) is 0. The van der Waals surface area contributed by atoms with Crippen LogP contribution in [0.2, 0.25) is 0 Å². The van der Waals surface area contributed by atoms with Crippen LogP contribution in [0.5, 0.6) is 0 Å². The summed E-state index contributed by atoms with van der Waals surface area (Å²) >= 11 is 0. The molecule has 0 amide bonds. The van der Waals surface area contributed by atoms with Crippen molar-refractivity contribution in [2.24, 2.45) is 29.0 Å². The van der Waals surface area contributed by atoms with Crippen LogP contribution in [0.1, 0.15) is 91.9 Å². The van der Waals surface area contributed by atoms with Gasteiger partial charge in [-0.25, -0.2) is 0 Å². The average Bonchev–Trinajstić information content (AvgIpc) is 2.51. The zero-order valence-corrected chi connectivity index (χ0v) is 15.7. The summed E-state index contributed by atoms with van der Waals surface area (Å²) in [5, 5.41) is 0. The molecule has 0 bridgehead atoms. The Balaban J connectivity index is 0. The fourth-order valence-corrected chi connectivity index (χ4v) is 2.97. The molecule has 1 atom stereocenters. The number of rotatable bonds is 1. The Morgan fingerprint density at radius 1 is 0.864 bits per heavy atom. The molecule has 22 heavy (non-hydrogen) atoms. The van der Waals surface area contributed by atoms with Gasteiger partial charge in [0.15, 0.2) is 0 Å².